The zero-order chi connectivity index (χ0) is 13.5. The first kappa shape index (κ1) is 12.7. The first-order valence-corrected chi connectivity index (χ1v) is 7.23. The molecule has 3 N–H and O–H groups in total. The van der Waals surface area contributed by atoms with E-state index in [2.05, 4.69) is 21.8 Å². The normalized spacial score (nSPS) is 22.2. The molecule has 0 spiro atoms. The zero-order valence-corrected chi connectivity index (χ0v) is 11.4. The van der Waals surface area contributed by atoms with E-state index in [1.54, 1.807) is 6.20 Å². The molecule has 5 heteroatoms. The van der Waals surface area contributed by atoms with E-state index in [1.807, 2.05) is 6.20 Å². The number of hydrogen-bond acceptors (Lipinski definition) is 3. The largest absolute Gasteiger partial charge is 0.368 e. The van der Waals surface area contributed by atoms with E-state index in [-0.39, 0.29) is 5.91 Å². The highest BCUT2D eigenvalue weighted by molar-refractivity contribution is 5.85. The number of imidazole rings is 1. The summed E-state index contributed by atoms with van der Waals surface area (Å²) < 4.78 is 2.08. The van der Waals surface area contributed by atoms with Gasteiger partial charge in [-0.05, 0) is 31.6 Å². The second kappa shape index (κ2) is 4.63. The second-order valence-electron chi connectivity index (χ2n) is 5.85. The van der Waals surface area contributed by atoms with Gasteiger partial charge in [0.2, 0.25) is 5.91 Å². The number of carbonyl (C=O) groups is 1. The summed E-state index contributed by atoms with van der Waals surface area (Å²) in [5.41, 5.74) is 5.18. The molecule has 5 nitrogen and oxygen atoms in total. The van der Waals surface area contributed by atoms with Crippen molar-refractivity contribution in [2.75, 3.05) is 0 Å². The smallest absolute Gasteiger partial charge is 0.239 e. The van der Waals surface area contributed by atoms with E-state index < -0.39 is 5.54 Å². The Morgan fingerprint density at radius 2 is 2.26 bits per heavy atom. The van der Waals surface area contributed by atoms with Gasteiger partial charge in [0.15, 0.2) is 0 Å². The molecule has 1 amide bonds. The van der Waals surface area contributed by atoms with Gasteiger partial charge in [-0.3, -0.25) is 10.1 Å². The number of aryl methyl sites for hydroxylation is 1. The third-order valence-electron chi connectivity index (χ3n) is 4.29. The van der Waals surface area contributed by atoms with Crippen molar-refractivity contribution in [3.63, 3.8) is 0 Å². The number of carbonyl (C=O) groups excluding carboxylic acids is 1. The van der Waals surface area contributed by atoms with Gasteiger partial charge in [-0.25, -0.2) is 4.98 Å². The molecule has 1 unspecified atom stereocenters. The molecule has 104 valence electrons. The van der Waals surface area contributed by atoms with Crippen LogP contribution in [0.3, 0.4) is 0 Å². The van der Waals surface area contributed by atoms with Gasteiger partial charge in [0, 0.05) is 24.9 Å². The van der Waals surface area contributed by atoms with Gasteiger partial charge in [0.1, 0.15) is 11.4 Å². The number of nitrogens with two attached hydrogens (primary N) is 1. The molecule has 1 heterocycles. The molecule has 1 aromatic heterocycles. The predicted molar refractivity (Wildman–Crippen MR) is 72.4 cm³/mol. The minimum atomic E-state index is -0.578. The third kappa shape index (κ3) is 2.39. The fraction of sp³-hybridized carbons (Fsp3) is 0.714. The van der Waals surface area contributed by atoms with E-state index in [1.165, 1.54) is 0 Å². The van der Waals surface area contributed by atoms with Crippen molar-refractivity contribution in [2.45, 2.75) is 57.2 Å². The number of primary amides is 1. The molecule has 3 rings (SSSR count). The minimum Gasteiger partial charge on any atom is -0.368 e. The standard InChI is InChI=1S/C14H22N4O/c1-2-12-16-7-8-18(12)9-14(13(15)19,10-3-4-10)17-11-5-6-11/h7-8,10-11,17H,2-6,9H2,1H3,(H2,15,19). The quantitative estimate of drug-likeness (QED) is 0.764. The van der Waals surface area contributed by atoms with Crippen molar-refractivity contribution in [3.05, 3.63) is 18.2 Å². The lowest BCUT2D eigenvalue weighted by Gasteiger charge is -2.33. The Hall–Kier alpha value is -1.36. The Bertz CT molecular complexity index is 476. The van der Waals surface area contributed by atoms with E-state index in [9.17, 15) is 4.79 Å². The SMILES string of the molecule is CCc1nccn1CC(NC1CC1)(C(N)=O)C1CC1. The minimum absolute atomic E-state index is 0.211. The van der Waals surface area contributed by atoms with E-state index in [0.29, 0.717) is 18.5 Å². The Balaban J connectivity index is 1.87. The van der Waals surface area contributed by atoms with Crippen LogP contribution in [0.15, 0.2) is 12.4 Å². The molecule has 2 fully saturated rings. The number of nitrogens with one attached hydrogen (secondary N) is 1. The molecule has 0 aliphatic heterocycles. The maximum absolute atomic E-state index is 12.1. The summed E-state index contributed by atoms with van der Waals surface area (Å²) in [6.45, 7) is 2.70. The molecule has 1 atom stereocenters. The van der Waals surface area contributed by atoms with Crippen LogP contribution in [0.4, 0.5) is 0 Å². The Labute approximate surface area is 113 Å². The lowest BCUT2D eigenvalue weighted by Crippen LogP contribution is -2.60. The molecule has 0 saturated heterocycles. The average molecular weight is 262 g/mol. The van der Waals surface area contributed by atoms with Crippen LogP contribution in [-0.2, 0) is 17.8 Å². The summed E-state index contributed by atoms with van der Waals surface area (Å²) in [5, 5.41) is 3.53. The van der Waals surface area contributed by atoms with Crippen LogP contribution in [0.1, 0.15) is 38.4 Å². The Morgan fingerprint density at radius 3 is 2.79 bits per heavy atom. The van der Waals surface area contributed by atoms with Crippen LogP contribution in [0, 0.1) is 5.92 Å². The maximum atomic E-state index is 12.1. The molecular weight excluding hydrogens is 240 g/mol. The molecule has 0 aromatic carbocycles. The summed E-state index contributed by atoms with van der Waals surface area (Å²) in [4.78, 5) is 16.5. The van der Waals surface area contributed by atoms with Crippen molar-refractivity contribution in [1.29, 1.82) is 0 Å². The number of hydrogen-bond donors (Lipinski definition) is 2. The van der Waals surface area contributed by atoms with Gasteiger partial charge in [0.25, 0.3) is 0 Å². The van der Waals surface area contributed by atoms with Gasteiger partial charge in [-0.1, -0.05) is 6.92 Å². The first-order chi connectivity index (χ1) is 9.15. The molecule has 19 heavy (non-hydrogen) atoms. The molecule has 2 aliphatic carbocycles. The molecule has 2 saturated carbocycles. The van der Waals surface area contributed by atoms with Crippen LogP contribution in [0.25, 0.3) is 0 Å². The highest BCUT2D eigenvalue weighted by Crippen LogP contribution is 2.42. The van der Waals surface area contributed by atoms with E-state index >= 15 is 0 Å². The third-order valence-corrected chi connectivity index (χ3v) is 4.29. The molecule has 0 radical (unpaired) electrons. The van der Waals surface area contributed by atoms with Gasteiger partial charge >= 0.3 is 0 Å². The lowest BCUT2D eigenvalue weighted by atomic mass is 9.91. The maximum Gasteiger partial charge on any atom is 0.239 e. The van der Waals surface area contributed by atoms with Crippen LogP contribution >= 0.6 is 0 Å². The van der Waals surface area contributed by atoms with Crippen molar-refractivity contribution < 1.29 is 4.79 Å². The summed E-state index contributed by atoms with van der Waals surface area (Å²) in [6, 6.07) is 0.474. The van der Waals surface area contributed by atoms with E-state index in [0.717, 1.165) is 37.9 Å². The summed E-state index contributed by atoms with van der Waals surface area (Å²) >= 11 is 0. The number of aromatic nitrogens is 2. The van der Waals surface area contributed by atoms with Gasteiger partial charge in [-0.15, -0.1) is 0 Å². The van der Waals surface area contributed by atoms with Crippen LogP contribution in [0.2, 0.25) is 0 Å². The fourth-order valence-electron chi connectivity index (χ4n) is 2.88. The van der Waals surface area contributed by atoms with Gasteiger partial charge < -0.3 is 10.3 Å². The van der Waals surface area contributed by atoms with Crippen LogP contribution in [0.5, 0.6) is 0 Å². The van der Waals surface area contributed by atoms with Crippen LogP contribution in [-0.4, -0.2) is 27.0 Å². The van der Waals surface area contributed by atoms with Crippen molar-refractivity contribution in [2.24, 2.45) is 11.7 Å². The monoisotopic (exact) mass is 262 g/mol. The summed E-state index contributed by atoms with van der Waals surface area (Å²) in [5.74, 6) is 1.19. The summed E-state index contributed by atoms with van der Waals surface area (Å²) in [7, 11) is 0. The van der Waals surface area contributed by atoms with E-state index in [4.69, 9.17) is 5.73 Å². The average Bonchev–Trinajstić information content (AvgIpc) is 3.27. The topological polar surface area (TPSA) is 72.9 Å². The Morgan fingerprint density at radius 1 is 1.53 bits per heavy atom. The van der Waals surface area contributed by atoms with Gasteiger partial charge in [0.05, 0.1) is 6.54 Å². The summed E-state index contributed by atoms with van der Waals surface area (Å²) in [6.07, 6.45) is 9.13. The van der Waals surface area contributed by atoms with Crippen LogP contribution < -0.4 is 11.1 Å². The zero-order valence-electron chi connectivity index (χ0n) is 11.4. The highest BCUT2D eigenvalue weighted by Gasteiger charge is 2.52. The fourth-order valence-corrected chi connectivity index (χ4v) is 2.88. The van der Waals surface area contributed by atoms with Crippen molar-refractivity contribution in [3.8, 4) is 0 Å². The number of amides is 1. The molecule has 0 bridgehead atoms. The lowest BCUT2D eigenvalue weighted by molar-refractivity contribution is -0.126. The predicted octanol–water partition coefficient (Wildman–Crippen LogP) is 0.832. The highest BCUT2D eigenvalue weighted by atomic mass is 16.1. The molecular formula is C14H22N4O. The Kier molecular flexibility index (Phi) is 3.09. The van der Waals surface area contributed by atoms with Gasteiger partial charge in [-0.2, -0.15) is 0 Å². The second-order valence-corrected chi connectivity index (χ2v) is 5.85. The van der Waals surface area contributed by atoms with Crippen molar-refractivity contribution in [1.82, 2.24) is 14.9 Å². The molecule has 1 aromatic rings. The molecule has 2 aliphatic rings. The number of rotatable bonds is 7. The first-order valence-electron chi connectivity index (χ1n) is 7.23. The number of nitrogens with zero attached hydrogens (tertiary/aromatic N) is 2. The van der Waals surface area contributed by atoms with Crippen molar-refractivity contribution >= 4 is 5.91 Å².